The summed E-state index contributed by atoms with van der Waals surface area (Å²) in [5, 5.41) is 0. The largest absolute Gasteiger partial charge is 0.389 e. The van der Waals surface area contributed by atoms with E-state index in [1.54, 1.807) is 0 Å². The molecule has 0 heterocycles. The van der Waals surface area contributed by atoms with Crippen LogP contribution in [0, 0.1) is 0 Å². The third-order valence-electron chi connectivity index (χ3n) is 2.51. The topological polar surface area (TPSA) is 29.3 Å². The van der Waals surface area contributed by atoms with Crippen molar-refractivity contribution in [3.05, 3.63) is 28.2 Å². The van der Waals surface area contributed by atoms with Gasteiger partial charge in [-0.2, -0.15) is 0 Å². The zero-order valence-electron chi connectivity index (χ0n) is 9.66. The summed E-state index contributed by atoms with van der Waals surface area (Å²) in [5.74, 6) is 0. The van der Waals surface area contributed by atoms with Gasteiger partial charge < -0.3 is 10.6 Å². The van der Waals surface area contributed by atoms with Gasteiger partial charge in [0, 0.05) is 29.3 Å². The number of thiocarbonyl (C=S) groups is 1. The second-order valence-electron chi connectivity index (χ2n) is 3.80. The molecule has 0 unspecified atom stereocenters. The van der Waals surface area contributed by atoms with E-state index in [1.165, 1.54) is 18.5 Å². The minimum absolute atomic E-state index is 0.426. The summed E-state index contributed by atoms with van der Waals surface area (Å²) in [6.07, 6.45) is 2.40. The van der Waals surface area contributed by atoms with Gasteiger partial charge in [0.25, 0.3) is 0 Å². The molecule has 0 aliphatic rings. The fourth-order valence-corrected chi connectivity index (χ4v) is 2.36. The summed E-state index contributed by atoms with van der Waals surface area (Å²) in [6.45, 7) is 3.26. The van der Waals surface area contributed by atoms with Crippen molar-refractivity contribution in [1.82, 2.24) is 0 Å². The lowest BCUT2D eigenvalue weighted by Crippen LogP contribution is -2.18. The van der Waals surface area contributed by atoms with Crippen LogP contribution in [0.4, 0.5) is 5.69 Å². The Kier molecular flexibility index (Phi) is 5.22. The molecule has 0 atom stereocenters. The van der Waals surface area contributed by atoms with E-state index in [4.69, 9.17) is 18.0 Å². The van der Waals surface area contributed by atoms with Crippen LogP contribution in [0.25, 0.3) is 0 Å². The molecule has 0 spiro atoms. The van der Waals surface area contributed by atoms with E-state index in [2.05, 4.69) is 46.9 Å². The minimum Gasteiger partial charge on any atom is -0.389 e. The molecule has 0 radical (unpaired) electrons. The highest BCUT2D eigenvalue weighted by Crippen LogP contribution is 2.23. The van der Waals surface area contributed by atoms with E-state index in [9.17, 15) is 0 Å². The molecule has 0 aliphatic carbocycles. The normalized spacial score (nSPS) is 10.2. The molecule has 88 valence electrons. The van der Waals surface area contributed by atoms with E-state index in [0.717, 1.165) is 16.6 Å². The Labute approximate surface area is 111 Å². The monoisotopic (exact) mass is 300 g/mol. The number of halogens is 1. The van der Waals surface area contributed by atoms with E-state index < -0.39 is 0 Å². The fourth-order valence-electron chi connectivity index (χ4n) is 1.47. The molecule has 0 aliphatic heterocycles. The van der Waals surface area contributed by atoms with Gasteiger partial charge in [-0.15, -0.1) is 0 Å². The number of rotatable bonds is 5. The average molecular weight is 301 g/mol. The van der Waals surface area contributed by atoms with Crippen LogP contribution in [0.15, 0.2) is 22.7 Å². The average Bonchev–Trinajstić information content (AvgIpc) is 2.25. The predicted octanol–water partition coefficient (Wildman–Crippen LogP) is 3.32. The molecule has 0 saturated heterocycles. The Morgan fingerprint density at radius 1 is 1.50 bits per heavy atom. The molecule has 1 aromatic rings. The summed E-state index contributed by atoms with van der Waals surface area (Å²) < 4.78 is 0.959. The molecule has 2 N–H and O–H groups in total. The Morgan fingerprint density at radius 2 is 2.19 bits per heavy atom. The van der Waals surface area contributed by atoms with Crippen molar-refractivity contribution in [3.8, 4) is 0 Å². The fraction of sp³-hybridized carbons (Fsp3) is 0.417. The van der Waals surface area contributed by atoms with E-state index in [1.807, 2.05) is 6.07 Å². The van der Waals surface area contributed by atoms with Crippen molar-refractivity contribution in [1.29, 1.82) is 0 Å². The first kappa shape index (κ1) is 13.5. The van der Waals surface area contributed by atoms with Crippen LogP contribution in [-0.2, 0) is 0 Å². The quantitative estimate of drug-likeness (QED) is 0.846. The molecule has 0 aromatic heterocycles. The van der Waals surface area contributed by atoms with E-state index >= 15 is 0 Å². The molecule has 1 rings (SSSR count). The van der Waals surface area contributed by atoms with Gasteiger partial charge in [0.2, 0.25) is 0 Å². The number of hydrogen-bond donors (Lipinski definition) is 1. The smallest absolute Gasteiger partial charge is 0.105 e. The van der Waals surface area contributed by atoms with Gasteiger partial charge >= 0.3 is 0 Å². The lowest BCUT2D eigenvalue weighted by Gasteiger charge is -2.19. The zero-order chi connectivity index (χ0) is 12.1. The highest BCUT2D eigenvalue weighted by atomic mass is 79.9. The highest BCUT2D eigenvalue weighted by Gasteiger charge is 2.06. The third-order valence-corrected chi connectivity index (χ3v) is 3.38. The van der Waals surface area contributed by atoms with Crippen LogP contribution in [0.2, 0.25) is 0 Å². The second kappa shape index (κ2) is 6.21. The number of hydrogen-bond acceptors (Lipinski definition) is 2. The second-order valence-corrected chi connectivity index (χ2v) is 5.10. The predicted molar refractivity (Wildman–Crippen MR) is 78.2 cm³/mol. The lowest BCUT2D eigenvalue weighted by atomic mass is 10.2. The minimum atomic E-state index is 0.426. The Hall–Kier alpha value is -0.610. The summed E-state index contributed by atoms with van der Waals surface area (Å²) in [5.41, 5.74) is 7.68. The number of nitrogens with zero attached hydrogens (tertiary/aromatic N) is 1. The molecule has 0 saturated carbocycles. The SMILES string of the molecule is CCCCN(C)c1ccc(C(N)=S)c(Br)c1. The van der Waals surface area contributed by atoms with Crippen molar-refractivity contribution in [2.45, 2.75) is 19.8 Å². The van der Waals surface area contributed by atoms with Crippen LogP contribution >= 0.6 is 28.1 Å². The van der Waals surface area contributed by atoms with Gasteiger partial charge in [-0.3, -0.25) is 0 Å². The molecule has 4 heteroatoms. The van der Waals surface area contributed by atoms with Crippen LogP contribution in [0.1, 0.15) is 25.3 Å². The molecule has 16 heavy (non-hydrogen) atoms. The van der Waals surface area contributed by atoms with Crippen LogP contribution in [-0.4, -0.2) is 18.6 Å². The van der Waals surface area contributed by atoms with Crippen LogP contribution < -0.4 is 10.6 Å². The molecule has 0 amide bonds. The van der Waals surface area contributed by atoms with Gasteiger partial charge in [-0.1, -0.05) is 25.6 Å². The summed E-state index contributed by atoms with van der Waals surface area (Å²) in [7, 11) is 2.10. The van der Waals surface area contributed by atoms with Crippen LogP contribution in [0.3, 0.4) is 0 Å². The van der Waals surface area contributed by atoms with Gasteiger partial charge in [0.05, 0.1) is 0 Å². The first-order valence-electron chi connectivity index (χ1n) is 5.36. The standard InChI is InChI=1S/C12H17BrN2S/c1-3-4-7-15(2)9-5-6-10(12(14)16)11(13)8-9/h5-6,8H,3-4,7H2,1-2H3,(H2,14,16). The van der Waals surface area contributed by atoms with Crippen molar-refractivity contribution >= 4 is 38.8 Å². The third kappa shape index (κ3) is 3.46. The Morgan fingerprint density at radius 3 is 2.69 bits per heavy atom. The molecular weight excluding hydrogens is 284 g/mol. The van der Waals surface area contributed by atoms with Crippen molar-refractivity contribution in [3.63, 3.8) is 0 Å². The van der Waals surface area contributed by atoms with Gasteiger partial charge in [0.15, 0.2) is 0 Å². The van der Waals surface area contributed by atoms with Gasteiger partial charge in [-0.25, -0.2) is 0 Å². The molecule has 2 nitrogen and oxygen atoms in total. The van der Waals surface area contributed by atoms with E-state index in [-0.39, 0.29) is 0 Å². The number of anilines is 1. The number of nitrogens with two attached hydrogens (primary N) is 1. The van der Waals surface area contributed by atoms with Crippen molar-refractivity contribution in [2.24, 2.45) is 5.73 Å². The molecular formula is C12H17BrN2S. The van der Waals surface area contributed by atoms with Crippen molar-refractivity contribution in [2.75, 3.05) is 18.5 Å². The Bertz CT molecular complexity index is 379. The first-order valence-corrected chi connectivity index (χ1v) is 6.57. The van der Waals surface area contributed by atoms with E-state index in [0.29, 0.717) is 4.99 Å². The Balaban J connectivity index is 2.84. The first-order chi connectivity index (χ1) is 7.56. The molecule has 0 fully saturated rings. The van der Waals surface area contributed by atoms with Gasteiger partial charge in [-0.05, 0) is 40.5 Å². The number of benzene rings is 1. The summed E-state index contributed by atoms with van der Waals surface area (Å²) in [4.78, 5) is 2.66. The summed E-state index contributed by atoms with van der Waals surface area (Å²) in [6, 6.07) is 6.07. The van der Waals surface area contributed by atoms with Crippen LogP contribution in [0.5, 0.6) is 0 Å². The van der Waals surface area contributed by atoms with Gasteiger partial charge in [0.1, 0.15) is 4.99 Å². The zero-order valence-corrected chi connectivity index (χ0v) is 12.1. The highest BCUT2D eigenvalue weighted by molar-refractivity contribution is 9.10. The maximum Gasteiger partial charge on any atom is 0.105 e. The van der Waals surface area contributed by atoms with Crippen molar-refractivity contribution < 1.29 is 0 Å². The summed E-state index contributed by atoms with van der Waals surface area (Å²) >= 11 is 8.45. The maximum absolute atomic E-state index is 5.61. The maximum atomic E-state index is 5.61. The number of unbranched alkanes of at least 4 members (excludes halogenated alkanes) is 1. The molecule has 1 aromatic carbocycles. The molecule has 0 bridgehead atoms. The lowest BCUT2D eigenvalue weighted by molar-refractivity contribution is 0.766.